The fraction of sp³-hybridized carbons (Fsp3) is 0.600. The Kier molecular flexibility index (Phi) is 5.14. The van der Waals surface area contributed by atoms with Crippen molar-refractivity contribution in [1.82, 2.24) is 5.32 Å². The van der Waals surface area contributed by atoms with Crippen LogP contribution in [-0.2, 0) is 0 Å². The lowest BCUT2D eigenvalue weighted by Gasteiger charge is -2.29. The van der Waals surface area contributed by atoms with E-state index in [2.05, 4.69) is 5.32 Å². The fourth-order valence-electron chi connectivity index (χ4n) is 2.76. The summed E-state index contributed by atoms with van der Waals surface area (Å²) in [5, 5.41) is 3.23. The number of benzene rings is 1. The molecule has 2 nitrogen and oxygen atoms in total. The number of ether oxygens (including phenoxy) is 1. The van der Waals surface area contributed by atoms with Gasteiger partial charge in [-0.05, 0) is 37.9 Å². The van der Waals surface area contributed by atoms with Gasteiger partial charge in [-0.2, -0.15) is 0 Å². The van der Waals surface area contributed by atoms with E-state index in [-0.39, 0.29) is 11.8 Å². The molecule has 0 aliphatic heterocycles. The van der Waals surface area contributed by atoms with Gasteiger partial charge in [-0.15, -0.1) is 0 Å². The summed E-state index contributed by atoms with van der Waals surface area (Å²) in [6.45, 7) is 0.377. The summed E-state index contributed by atoms with van der Waals surface area (Å²) >= 11 is 0. The van der Waals surface area contributed by atoms with Gasteiger partial charge >= 0.3 is 0 Å². The monoisotopic (exact) mass is 269 g/mol. The summed E-state index contributed by atoms with van der Waals surface area (Å²) in [6, 6.07) is 3.49. The maximum atomic E-state index is 13.5. The Morgan fingerprint density at radius 2 is 2.00 bits per heavy atom. The van der Waals surface area contributed by atoms with Gasteiger partial charge in [-0.25, -0.2) is 8.78 Å². The lowest BCUT2D eigenvalue weighted by molar-refractivity contribution is 0.187. The van der Waals surface area contributed by atoms with E-state index in [1.165, 1.54) is 32.1 Å². The standard InChI is InChI=1S/C15H21F2NO/c1-18-14(11-5-3-2-4-6-11)10-19-15-9-12(16)7-8-13(15)17/h7-9,11,14,18H,2-6,10H2,1H3. The molecule has 1 saturated carbocycles. The smallest absolute Gasteiger partial charge is 0.165 e. The van der Waals surface area contributed by atoms with Crippen LogP contribution in [0.25, 0.3) is 0 Å². The van der Waals surface area contributed by atoms with Gasteiger partial charge < -0.3 is 10.1 Å². The molecule has 0 saturated heterocycles. The Hall–Kier alpha value is -1.16. The van der Waals surface area contributed by atoms with Crippen LogP contribution in [0.2, 0.25) is 0 Å². The maximum absolute atomic E-state index is 13.5. The molecule has 1 fully saturated rings. The minimum absolute atomic E-state index is 0.00365. The quantitative estimate of drug-likeness (QED) is 0.883. The third kappa shape index (κ3) is 3.90. The highest BCUT2D eigenvalue weighted by molar-refractivity contribution is 5.24. The number of rotatable bonds is 5. The zero-order valence-corrected chi connectivity index (χ0v) is 11.3. The first-order valence-corrected chi connectivity index (χ1v) is 6.96. The van der Waals surface area contributed by atoms with E-state index in [0.29, 0.717) is 12.5 Å². The zero-order valence-electron chi connectivity index (χ0n) is 11.3. The second-order valence-electron chi connectivity index (χ2n) is 5.18. The first-order valence-electron chi connectivity index (χ1n) is 6.96. The Bertz CT molecular complexity index is 405. The number of likely N-dealkylation sites (N-methyl/N-ethyl adjacent to an activating group) is 1. The average Bonchev–Trinajstić information content (AvgIpc) is 2.44. The summed E-state index contributed by atoms with van der Waals surface area (Å²) in [4.78, 5) is 0. The fourth-order valence-corrected chi connectivity index (χ4v) is 2.76. The molecule has 0 amide bonds. The van der Waals surface area contributed by atoms with Crippen LogP contribution < -0.4 is 10.1 Å². The van der Waals surface area contributed by atoms with Crippen LogP contribution in [0.4, 0.5) is 8.78 Å². The van der Waals surface area contributed by atoms with Gasteiger partial charge in [0, 0.05) is 12.1 Å². The predicted octanol–water partition coefficient (Wildman–Crippen LogP) is 3.51. The highest BCUT2D eigenvalue weighted by Gasteiger charge is 2.23. The van der Waals surface area contributed by atoms with Crippen molar-refractivity contribution in [2.45, 2.75) is 38.1 Å². The molecule has 1 aliphatic carbocycles. The predicted molar refractivity (Wildman–Crippen MR) is 71.3 cm³/mol. The summed E-state index contributed by atoms with van der Waals surface area (Å²) in [7, 11) is 1.89. The number of nitrogens with one attached hydrogen (secondary N) is 1. The molecule has 1 aliphatic rings. The van der Waals surface area contributed by atoms with E-state index in [0.717, 1.165) is 18.2 Å². The van der Waals surface area contributed by atoms with Gasteiger partial charge in [0.1, 0.15) is 12.4 Å². The molecule has 0 bridgehead atoms. The summed E-state index contributed by atoms with van der Waals surface area (Å²) in [5.41, 5.74) is 0. The van der Waals surface area contributed by atoms with Crippen LogP contribution in [0.5, 0.6) is 5.75 Å². The molecular formula is C15H21F2NO. The zero-order chi connectivity index (χ0) is 13.7. The lowest BCUT2D eigenvalue weighted by atomic mass is 9.84. The Morgan fingerprint density at radius 1 is 1.26 bits per heavy atom. The van der Waals surface area contributed by atoms with Gasteiger partial charge in [0.15, 0.2) is 11.6 Å². The van der Waals surface area contributed by atoms with E-state index in [9.17, 15) is 8.78 Å². The molecule has 4 heteroatoms. The minimum atomic E-state index is -0.514. The van der Waals surface area contributed by atoms with Gasteiger partial charge in [-0.1, -0.05) is 19.3 Å². The number of hydrogen-bond donors (Lipinski definition) is 1. The van der Waals surface area contributed by atoms with Crippen molar-refractivity contribution in [1.29, 1.82) is 0 Å². The molecule has 1 atom stereocenters. The van der Waals surface area contributed by atoms with Crippen molar-refractivity contribution < 1.29 is 13.5 Å². The van der Waals surface area contributed by atoms with Crippen molar-refractivity contribution in [2.24, 2.45) is 5.92 Å². The molecular weight excluding hydrogens is 248 g/mol. The average molecular weight is 269 g/mol. The van der Waals surface area contributed by atoms with Crippen LogP contribution in [0, 0.1) is 17.6 Å². The molecule has 2 rings (SSSR count). The van der Waals surface area contributed by atoms with Gasteiger partial charge in [0.05, 0.1) is 0 Å². The highest BCUT2D eigenvalue weighted by Crippen LogP contribution is 2.27. The molecule has 0 radical (unpaired) electrons. The molecule has 1 unspecified atom stereocenters. The maximum Gasteiger partial charge on any atom is 0.165 e. The van der Waals surface area contributed by atoms with Crippen molar-refractivity contribution in [3.05, 3.63) is 29.8 Å². The van der Waals surface area contributed by atoms with E-state index in [1.54, 1.807) is 0 Å². The van der Waals surface area contributed by atoms with E-state index in [1.807, 2.05) is 7.05 Å². The lowest BCUT2D eigenvalue weighted by Crippen LogP contribution is -2.39. The summed E-state index contributed by atoms with van der Waals surface area (Å²) < 4.78 is 31.9. The first kappa shape index (κ1) is 14.3. The SMILES string of the molecule is CNC(COc1cc(F)ccc1F)C1CCCCC1. The largest absolute Gasteiger partial charge is 0.489 e. The second-order valence-corrected chi connectivity index (χ2v) is 5.18. The first-order chi connectivity index (χ1) is 9.20. The molecule has 1 N–H and O–H groups in total. The number of hydrogen-bond acceptors (Lipinski definition) is 2. The Morgan fingerprint density at radius 3 is 2.68 bits per heavy atom. The topological polar surface area (TPSA) is 21.3 Å². The summed E-state index contributed by atoms with van der Waals surface area (Å²) in [5.74, 6) is -0.429. The van der Waals surface area contributed by atoms with Crippen LogP contribution in [0.15, 0.2) is 18.2 Å². The Balaban J connectivity index is 1.93. The molecule has 106 valence electrons. The molecule has 1 aromatic carbocycles. The van der Waals surface area contributed by atoms with E-state index < -0.39 is 11.6 Å². The van der Waals surface area contributed by atoms with Gasteiger partial charge in [0.25, 0.3) is 0 Å². The normalized spacial score (nSPS) is 18.3. The van der Waals surface area contributed by atoms with Crippen LogP contribution in [0.1, 0.15) is 32.1 Å². The van der Waals surface area contributed by atoms with Gasteiger partial charge in [-0.3, -0.25) is 0 Å². The summed E-state index contributed by atoms with van der Waals surface area (Å²) in [6.07, 6.45) is 6.15. The van der Waals surface area contributed by atoms with E-state index in [4.69, 9.17) is 4.74 Å². The number of halogens is 2. The molecule has 0 heterocycles. The molecule has 0 aromatic heterocycles. The Labute approximate surface area is 113 Å². The molecule has 0 spiro atoms. The van der Waals surface area contributed by atoms with Crippen molar-refractivity contribution in [3.63, 3.8) is 0 Å². The van der Waals surface area contributed by atoms with Crippen molar-refractivity contribution >= 4 is 0 Å². The van der Waals surface area contributed by atoms with Crippen LogP contribution >= 0.6 is 0 Å². The molecule has 1 aromatic rings. The highest BCUT2D eigenvalue weighted by atomic mass is 19.1. The third-order valence-corrected chi connectivity index (χ3v) is 3.90. The molecule has 19 heavy (non-hydrogen) atoms. The third-order valence-electron chi connectivity index (χ3n) is 3.90. The second kappa shape index (κ2) is 6.85. The van der Waals surface area contributed by atoms with Crippen LogP contribution in [-0.4, -0.2) is 19.7 Å². The van der Waals surface area contributed by atoms with Crippen LogP contribution in [0.3, 0.4) is 0 Å². The van der Waals surface area contributed by atoms with Crippen molar-refractivity contribution in [3.8, 4) is 5.75 Å². The van der Waals surface area contributed by atoms with Crippen molar-refractivity contribution in [2.75, 3.05) is 13.7 Å². The minimum Gasteiger partial charge on any atom is -0.489 e. The van der Waals surface area contributed by atoms with E-state index >= 15 is 0 Å². The van der Waals surface area contributed by atoms with Gasteiger partial charge in [0.2, 0.25) is 0 Å².